The largest absolute Gasteiger partial charge is 0.478 e. The van der Waals surface area contributed by atoms with Crippen LogP contribution in [0, 0.1) is 6.92 Å². The second-order valence-corrected chi connectivity index (χ2v) is 3.45. The summed E-state index contributed by atoms with van der Waals surface area (Å²) < 4.78 is 1.49. The molecule has 3 N–H and O–H groups in total. The Hall–Kier alpha value is -2.30. The Morgan fingerprint density at radius 2 is 2.25 bits per heavy atom. The number of nitrogens with two attached hydrogens (primary N) is 1. The summed E-state index contributed by atoms with van der Waals surface area (Å²) in [5, 5.41) is 13.1. The highest BCUT2D eigenvalue weighted by molar-refractivity contribution is 5.98. The summed E-state index contributed by atoms with van der Waals surface area (Å²) >= 11 is 0. The van der Waals surface area contributed by atoms with E-state index in [1.807, 2.05) is 0 Å². The monoisotopic (exact) mass is 217 g/mol. The molecule has 0 unspecified atom stereocenters. The van der Waals surface area contributed by atoms with Gasteiger partial charge in [-0.1, -0.05) is 6.07 Å². The van der Waals surface area contributed by atoms with Crippen LogP contribution in [-0.2, 0) is 0 Å². The number of hydrogen-bond donors (Lipinski definition) is 2. The first-order chi connectivity index (χ1) is 7.61. The van der Waals surface area contributed by atoms with Crippen molar-refractivity contribution in [2.45, 2.75) is 6.92 Å². The molecule has 1 aromatic carbocycles. The molecule has 0 aliphatic heterocycles. The molecule has 0 radical (unpaired) electrons. The molecule has 0 spiro atoms. The Balaban J connectivity index is 2.71. The van der Waals surface area contributed by atoms with Crippen molar-refractivity contribution in [2.24, 2.45) is 0 Å². The second-order valence-electron chi connectivity index (χ2n) is 3.45. The van der Waals surface area contributed by atoms with Gasteiger partial charge in [-0.15, -0.1) is 0 Å². The van der Waals surface area contributed by atoms with Crippen LogP contribution < -0.4 is 5.73 Å². The summed E-state index contributed by atoms with van der Waals surface area (Å²) in [5.74, 6) is -1.05. The maximum Gasteiger partial charge on any atom is 0.340 e. The van der Waals surface area contributed by atoms with Crippen molar-refractivity contribution in [3.63, 3.8) is 0 Å². The standard InChI is InChI=1S/C11H11N3O2/c1-7-3-4-8(14-6-2-5-13-14)9(10(7)12)11(15)16/h2-6H,12H2,1H3,(H,15,16). The van der Waals surface area contributed by atoms with E-state index in [2.05, 4.69) is 5.10 Å². The van der Waals surface area contributed by atoms with E-state index in [1.54, 1.807) is 37.5 Å². The van der Waals surface area contributed by atoms with E-state index < -0.39 is 5.97 Å². The highest BCUT2D eigenvalue weighted by Gasteiger charge is 2.16. The number of aromatic nitrogens is 2. The molecule has 0 atom stereocenters. The normalized spacial score (nSPS) is 10.3. The Morgan fingerprint density at radius 1 is 1.50 bits per heavy atom. The third-order valence-corrected chi connectivity index (χ3v) is 2.41. The van der Waals surface area contributed by atoms with E-state index in [0.717, 1.165) is 5.56 Å². The lowest BCUT2D eigenvalue weighted by Crippen LogP contribution is -2.10. The summed E-state index contributed by atoms with van der Waals surface area (Å²) in [6, 6.07) is 5.20. The molecule has 5 heteroatoms. The minimum absolute atomic E-state index is 0.0868. The van der Waals surface area contributed by atoms with Crippen LogP contribution in [0.4, 0.5) is 5.69 Å². The minimum atomic E-state index is -1.05. The lowest BCUT2D eigenvalue weighted by atomic mass is 10.1. The molecule has 0 amide bonds. The topological polar surface area (TPSA) is 81.1 Å². The van der Waals surface area contributed by atoms with E-state index in [1.165, 1.54) is 4.68 Å². The predicted octanol–water partition coefficient (Wildman–Crippen LogP) is 1.46. The van der Waals surface area contributed by atoms with Crippen LogP contribution in [0.1, 0.15) is 15.9 Å². The van der Waals surface area contributed by atoms with Gasteiger partial charge in [-0.2, -0.15) is 5.10 Å². The van der Waals surface area contributed by atoms with Gasteiger partial charge in [-0.3, -0.25) is 0 Å². The Bertz CT molecular complexity index is 532. The fourth-order valence-corrected chi connectivity index (χ4v) is 1.54. The lowest BCUT2D eigenvalue weighted by Gasteiger charge is -2.10. The van der Waals surface area contributed by atoms with Gasteiger partial charge >= 0.3 is 5.97 Å². The van der Waals surface area contributed by atoms with Crippen LogP contribution in [0.15, 0.2) is 30.6 Å². The molecule has 0 aliphatic carbocycles. The zero-order valence-electron chi connectivity index (χ0n) is 8.71. The van der Waals surface area contributed by atoms with E-state index in [0.29, 0.717) is 5.69 Å². The number of benzene rings is 1. The lowest BCUT2D eigenvalue weighted by molar-refractivity contribution is 0.0698. The van der Waals surface area contributed by atoms with Crippen molar-refractivity contribution in [1.82, 2.24) is 9.78 Å². The fourth-order valence-electron chi connectivity index (χ4n) is 1.54. The summed E-state index contributed by atoms with van der Waals surface area (Å²) in [6.45, 7) is 1.77. The number of carbonyl (C=O) groups is 1. The molecule has 0 aliphatic rings. The molecule has 0 saturated carbocycles. The highest BCUT2D eigenvalue weighted by Crippen LogP contribution is 2.23. The van der Waals surface area contributed by atoms with Gasteiger partial charge in [-0.05, 0) is 24.6 Å². The SMILES string of the molecule is Cc1ccc(-n2cccn2)c(C(=O)O)c1N. The van der Waals surface area contributed by atoms with Crippen LogP contribution in [0.2, 0.25) is 0 Å². The molecule has 0 saturated heterocycles. The number of carboxylic acid groups (broad SMARTS) is 1. The Labute approximate surface area is 92.1 Å². The Morgan fingerprint density at radius 3 is 2.81 bits per heavy atom. The van der Waals surface area contributed by atoms with E-state index in [-0.39, 0.29) is 11.3 Å². The molecule has 1 aromatic heterocycles. The first kappa shape index (κ1) is 10.2. The number of rotatable bonds is 2. The Kier molecular flexibility index (Phi) is 2.36. The van der Waals surface area contributed by atoms with Crippen molar-refractivity contribution in [1.29, 1.82) is 0 Å². The number of carboxylic acids is 1. The van der Waals surface area contributed by atoms with Gasteiger partial charge in [0.05, 0.1) is 11.4 Å². The average Bonchev–Trinajstić information content (AvgIpc) is 2.74. The molecule has 82 valence electrons. The molecular formula is C11H11N3O2. The van der Waals surface area contributed by atoms with Gasteiger partial charge in [0.25, 0.3) is 0 Å². The zero-order chi connectivity index (χ0) is 11.7. The molecule has 5 nitrogen and oxygen atoms in total. The third-order valence-electron chi connectivity index (χ3n) is 2.41. The van der Waals surface area contributed by atoms with E-state index in [4.69, 9.17) is 10.8 Å². The maximum absolute atomic E-state index is 11.2. The third kappa shape index (κ3) is 1.52. The number of nitrogen functional groups attached to an aromatic ring is 1. The van der Waals surface area contributed by atoms with Gasteiger partial charge in [0.1, 0.15) is 5.56 Å². The number of hydrogen-bond acceptors (Lipinski definition) is 3. The van der Waals surface area contributed by atoms with E-state index in [9.17, 15) is 4.79 Å². The number of aryl methyl sites for hydroxylation is 1. The first-order valence-corrected chi connectivity index (χ1v) is 4.73. The average molecular weight is 217 g/mol. The summed E-state index contributed by atoms with van der Waals surface area (Å²) in [7, 11) is 0. The molecule has 0 bridgehead atoms. The molecular weight excluding hydrogens is 206 g/mol. The van der Waals surface area contributed by atoms with Gasteiger partial charge < -0.3 is 10.8 Å². The number of aromatic carboxylic acids is 1. The molecule has 0 fully saturated rings. The predicted molar refractivity (Wildman–Crippen MR) is 59.7 cm³/mol. The molecule has 16 heavy (non-hydrogen) atoms. The number of anilines is 1. The quantitative estimate of drug-likeness (QED) is 0.746. The summed E-state index contributed by atoms with van der Waals surface area (Å²) in [6.07, 6.45) is 3.26. The van der Waals surface area contributed by atoms with Crippen molar-refractivity contribution < 1.29 is 9.90 Å². The second kappa shape index (κ2) is 3.69. The van der Waals surface area contributed by atoms with Crippen LogP contribution in [0.5, 0.6) is 0 Å². The van der Waals surface area contributed by atoms with Crippen molar-refractivity contribution in [2.75, 3.05) is 5.73 Å². The van der Waals surface area contributed by atoms with Gasteiger partial charge in [0, 0.05) is 12.4 Å². The van der Waals surface area contributed by atoms with Gasteiger partial charge in [0.2, 0.25) is 0 Å². The van der Waals surface area contributed by atoms with Gasteiger partial charge in [-0.25, -0.2) is 9.48 Å². The van der Waals surface area contributed by atoms with Gasteiger partial charge in [0.15, 0.2) is 0 Å². The zero-order valence-corrected chi connectivity index (χ0v) is 8.71. The van der Waals surface area contributed by atoms with Crippen LogP contribution in [0.3, 0.4) is 0 Å². The molecule has 1 heterocycles. The molecule has 2 rings (SSSR count). The maximum atomic E-state index is 11.2. The highest BCUT2D eigenvalue weighted by atomic mass is 16.4. The van der Waals surface area contributed by atoms with Crippen molar-refractivity contribution >= 4 is 11.7 Å². The molecule has 2 aromatic rings. The fraction of sp³-hybridized carbons (Fsp3) is 0.0909. The van der Waals surface area contributed by atoms with Crippen LogP contribution in [0.25, 0.3) is 5.69 Å². The minimum Gasteiger partial charge on any atom is -0.478 e. The first-order valence-electron chi connectivity index (χ1n) is 4.73. The van der Waals surface area contributed by atoms with Crippen molar-refractivity contribution in [3.8, 4) is 5.69 Å². The van der Waals surface area contributed by atoms with Crippen LogP contribution >= 0.6 is 0 Å². The smallest absolute Gasteiger partial charge is 0.340 e. The van der Waals surface area contributed by atoms with E-state index >= 15 is 0 Å². The van der Waals surface area contributed by atoms with Crippen molar-refractivity contribution in [3.05, 3.63) is 41.7 Å². The summed E-state index contributed by atoms with van der Waals surface area (Å²) in [5.41, 5.74) is 7.35. The van der Waals surface area contributed by atoms with Crippen LogP contribution in [-0.4, -0.2) is 20.9 Å². The summed E-state index contributed by atoms with van der Waals surface area (Å²) in [4.78, 5) is 11.2. The number of nitrogens with zero attached hydrogens (tertiary/aromatic N) is 2.